The number of benzene rings is 2. The van der Waals surface area contributed by atoms with Gasteiger partial charge in [0.1, 0.15) is 12.4 Å². The molecule has 0 saturated heterocycles. The molecule has 0 N–H and O–H groups in total. The summed E-state index contributed by atoms with van der Waals surface area (Å²) in [4.78, 5) is 10.3. The van der Waals surface area contributed by atoms with Crippen LogP contribution in [0, 0.1) is 10.1 Å². The van der Waals surface area contributed by atoms with Crippen LogP contribution in [0.15, 0.2) is 42.5 Å². The third kappa shape index (κ3) is 3.95. The molecule has 110 valence electrons. The first-order valence-corrected chi connectivity index (χ1v) is 7.00. The Morgan fingerprint density at radius 3 is 2.67 bits per heavy atom. The molecular formula is C16H16ClNO3. The second-order valence-electron chi connectivity index (χ2n) is 5.05. The van der Waals surface area contributed by atoms with Crippen molar-refractivity contribution in [3.63, 3.8) is 0 Å². The van der Waals surface area contributed by atoms with Crippen LogP contribution in [0.5, 0.6) is 5.75 Å². The zero-order valence-electron chi connectivity index (χ0n) is 11.9. The topological polar surface area (TPSA) is 52.4 Å². The van der Waals surface area contributed by atoms with E-state index in [-0.39, 0.29) is 12.3 Å². The van der Waals surface area contributed by atoms with Gasteiger partial charge in [0.25, 0.3) is 5.69 Å². The van der Waals surface area contributed by atoms with Gasteiger partial charge in [-0.3, -0.25) is 10.1 Å². The highest BCUT2D eigenvalue weighted by Gasteiger charge is 2.10. The molecular weight excluding hydrogens is 290 g/mol. The molecule has 0 aromatic heterocycles. The number of halogens is 1. The molecule has 0 aliphatic heterocycles. The Bertz CT molecular complexity index is 656. The van der Waals surface area contributed by atoms with Crippen molar-refractivity contribution in [2.45, 2.75) is 26.4 Å². The van der Waals surface area contributed by atoms with Crippen molar-refractivity contribution in [2.75, 3.05) is 0 Å². The molecule has 0 unspecified atom stereocenters. The van der Waals surface area contributed by atoms with E-state index in [1.165, 1.54) is 23.8 Å². The summed E-state index contributed by atoms with van der Waals surface area (Å²) in [5.41, 5.74) is 1.78. The smallest absolute Gasteiger partial charge is 0.269 e. The quantitative estimate of drug-likeness (QED) is 0.580. The Labute approximate surface area is 128 Å². The number of rotatable bonds is 5. The number of nitrogens with zero attached hydrogens (tertiary/aromatic N) is 1. The molecule has 0 atom stereocenters. The molecule has 0 aliphatic carbocycles. The van der Waals surface area contributed by atoms with Gasteiger partial charge < -0.3 is 4.74 Å². The van der Waals surface area contributed by atoms with Crippen molar-refractivity contribution in [1.29, 1.82) is 0 Å². The highest BCUT2D eigenvalue weighted by atomic mass is 35.5. The van der Waals surface area contributed by atoms with Gasteiger partial charge in [-0.25, -0.2) is 0 Å². The van der Waals surface area contributed by atoms with E-state index in [1.54, 1.807) is 0 Å². The van der Waals surface area contributed by atoms with Gasteiger partial charge in [-0.1, -0.05) is 37.6 Å². The van der Waals surface area contributed by atoms with E-state index in [2.05, 4.69) is 13.8 Å². The average molecular weight is 306 g/mol. The first kappa shape index (κ1) is 15.3. The predicted octanol–water partition coefficient (Wildman–Crippen LogP) is 4.95. The summed E-state index contributed by atoms with van der Waals surface area (Å²) < 4.78 is 5.69. The lowest BCUT2D eigenvalue weighted by Crippen LogP contribution is -1.99. The fourth-order valence-corrected chi connectivity index (χ4v) is 2.08. The van der Waals surface area contributed by atoms with Crippen LogP contribution in [0.25, 0.3) is 0 Å². The highest BCUT2D eigenvalue weighted by molar-refractivity contribution is 6.31. The van der Waals surface area contributed by atoms with Crippen molar-refractivity contribution < 1.29 is 9.66 Å². The third-order valence-electron chi connectivity index (χ3n) is 3.16. The summed E-state index contributed by atoms with van der Waals surface area (Å²) in [5.74, 6) is 1.14. The van der Waals surface area contributed by atoms with Crippen LogP contribution in [-0.2, 0) is 6.61 Å². The average Bonchev–Trinajstić information content (AvgIpc) is 2.46. The van der Waals surface area contributed by atoms with Gasteiger partial charge in [0.15, 0.2) is 0 Å². The molecule has 2 aromatic rings. The van der Waals surface area contributed by atoms with Gasteiger partial charge in [-0.15, -0.1) is 0 Å². The molecule has 0 heterocycles. The van der Waals surface area contributed by atoms with Gasteiger partial charge in [-0.2, -0.15) is 0 Å². The van der Waals surface area contributed by atoms with E-state index < -0.39 is 4.92 Å². The van der Waals surface area contributed by atoms with Crippen molar-refractivity contribution in [2.24, 2.45) is 0 Å². The van der Waals surface area contributed by atoms with Crippen molar-refractivity contribution in [3.8, 4) is 5.75 Å². The Hall–Kier alpha value is -2.07. The number of non-ortho nitro benzene ring substituents is 1. The van der Waals surface area contributed by atoms with Crippen LogP contribution in [0.4, 0.5) is 5.69 Å². The lowest BCUT2D eigenvalue weighted by atomic mass is 10.0. The van der Waals surface area contributed by atoms with Gasteiger partial charge in [0, 0.05) is 22.7 Å². The van der Waals surface area contributed by atoms with Gasteiger partial charge in [0.2, 0.25) is 0 Å². The SMILES string of the molecule is CC(C)c1cccc(OCc2cc([N+](=O)[O-])ccc2Cl)c1. The zero-order chi connectivity index (χ0) is 15.4. The molecule has 5 heteroatoms. The Morgan fingerprint density at radius 1 is 1.24 bits per heavy atom. The molecule has 4 nitrogen and oxygen atoms in total. The number of nitro groups is 1. The Morgan fingerprint density at radius 2 is 2.00 bits per heavy atom. The highest BCUT2D eigenvalue weighted by Crippen LogP contribution is 2.25. The maximum atomic E-state index is 10.8. The molecule has 2 rings (SSSR count). The van der Waals surface area contributed by atoms with E-state index >= 15 is 0 Å². The fourth-order valence-electron chi connectivity index (χ4n) is 1.91. The van der Waals surface area contributed by atoms with Crippen LogP contribution < -0.4 is 4.74 Å². The van der Waals surface area contributed by atoms with Crippen LogP contribution in [0.2, 0.25) is 5.02 Å². The standard InChI is InChI=1S/C16H16ClNO3/c1-11(2)12-4-3-5-15(9-12)21-10-13-8-14(18(19)20)6-7-16(13)17/h3-9,11H,10H2,1-2H3. The van der Waals surface area contributed by atoms with Crippen LogP contribution in [-0.4, -0.2) is 4.92 Å². The van der Waals surface area contributed by atoms with Crippen molar-refractivity contribution >= 4 is 17.3 Å². The zero-order valence-corrected chi connectivity index (χ0v) is 12.6. The van der Waals surface area contributed by atoms with Crippen LogP contribution >= 0.6 is 11.6 Å². The van der Waals surface area contributed by atoms with Gasteiger partial charge >= 0.3 is 0 Å². The molecule has 0 radical (unpaired) electrons. The monoisotopic (exact) mass is 305 g/mol. The molecule has 2 aromatic carbocycles. The minimum absolute atomic E-state index is 0.00827. The number of hydrogen-bond acceptors (Lipinski definition) is 3. The Balaban J connectivity index is 2.14. The Kier molecular flexibility index (Phi) is 4.81. The molecule has 0 aliphatic rings. The first-order chi connectivity index (χ1) is 9.97. The maximum Gasteiger partial charge on any atom is 0.269 e. The summed E-state index contributed by atoms with van der Waals surface area (Å²) >= 11 is 6.05. The largest absolute Gasteiger partial charge is 0.489 e. The van der Waals surface area contributed by atoms with E-state index in [1.807, 2.05) is 24.3 Å². The van der Waals surface area contributed by atoms with E-state index in [0.29, 0.717) is 16.5 Å². The van der Waals surface area contributed by atoms with Crippen molar-refractivity contribution in [3.05, 3.63) is 68.7 Å². The van der Waals surface area contributed by atoms with Gasteiger partial charge in [-0.05, 0) is 29.7 Å². The van der Waals surface area contributed by atoms with E-state index in [0.717, 1.165) is 5.75 Å². The molecule has 0 amide bonds. The molecule has 21 heavy (non-hydrogen) atoms. The lowest BCUT2D eigenvalue weighted by Gasteiger charge is -2.10. The number of hydrogen-bond donors (Lipinski definition) is 0. The number of ether oxygens (including phenoxy) is 1. The fraction of sp³-hybridized carbons (Fsp3) is 0.250. The van der Waals surface area contributed by atoms with Gasteiger partial charge in [0.05, 0.1) is 4.92 Å². The molecule has 0 spiro atoms. The summed E-state index contributed by atoms with van der Waals surface area (Å²) in [5, 5.41) is 11.2. The van der Waals surface area contributed by atoms with E-state index in [9.17, 15) is 10.1 Å². The van der Waals surface area contributed by atoms with Crippen molar-refractivity contribution in [1.82, 2.24) is 0 Å². The third-order valence-corrected chi connectivity index (χ3v) is 3.53. The second-order valence-corrected chi connectivity index (χ2v) is 5.46. The molecule has 0 saturated carbocycles. The first-order valence-electron chi connectivity index (χ1n) is 6.63. The predicted molar refractivity (Wildman–Crippen MR) is 83.0 cm³/mol. The molecule has 0 bridgehead atoms. The summed E-state index contributed by atoms with van der Waals surface area (Å²) in [6.45, 7) is 4.41. The minimum atomic E-state index is -0.445. The summed E-state index contributed by atoms with van der Waals surface area (Å²) in [6, 6.07) is 12.1. The number of nitro benzene ring substituents is 1. The van der Waals surface area contributed by atoms with Crippen LogP contribution in [0.3, 0.4) is 0 Å². The van der Waals surface area contributed by atoms with E-state index in [4.69, 9.17) is 16.3 Å². The van der Waals surface area contributed by atoms with Crippen LogP contribution in [0.1, 0.15) is 30.9 Å². The minimum Gasteiger partial charge on any atom is -0.489 e. The second kappa shape index (κ2) is 6.59. The normalized spacial score (nSPS) is 10.7. The molecule has 0 fully saturated rings. The lowest BCUT2D eigenvalue weighted by molar-refractivity contribution is -0.384. The summed E-state index contributed by atoms with van der Waals surface area (Å²) in [6.07, 6.45) is 0. The maximum absolute atomic E-state index is 10.8. The summed E-state index contributed by atoms with van der Waals surface area (Å²) in [7, 11) is 0.